The predicted octanol–water partition coefficient (Wildman–Crippen LogP) is 2.56. The summed E-state index contributed by atoms with van der Waals surface area (Å²) in [5.74, 6) is -1.05. The molecule has 1 N–H and O–H groups in total. The molecule has 0 amide bonds. The fraction of sp³-hybridized carbons (Fsp3) is 0.538. The van der Waals surface area contributed by atoms with Gasteiger partial charge in [0.25, 0.3) is 0 Å². The van der Waals surface area contributed by atoms with Gasteiger partial charge >= 0.3 is 0 Å². The minimum absolute atomic E-state index is 0.000212. The van der Waals surface area contributed by atoms with Crippen molar-refractivity contribution >= 4 is 0 Å². The second-order valence-corrected chi connectivity index (χ2v) is 4.05. The van der Waals surface area contributed by atoms with Gasteiger partial charge in [-0.25, -0.2) is 8.78 Å². The number of unbranched alkanes of at least 4 members (excludes halogenated alkanes) is 1. The number of halogens is 2. The van der Waals surface area contributed by atoms with Crippen LogP contribution < -0.4 is 0 Å². The molecular formula is C13H19F2NO. The van der Waals surface area contributed by atoms with Crippen molar-refractivity contribution < 1.29 is 13.9 Å². The number of hydrogen-bond acceptors (Lipinski definition) is 2. The summed E-state index contributed by atoms with van der Waals surface area (Å²) in [4.78, 5) is 1.87. The summed E-state index contributed by atoms with van der Waals surface area (Å²) in [7, 11) is 0. The molecule has 1 aromatic rings. The van der Waals surface area contributed by atoms with Crippen LogP contribution in [0.2, 0.25) is 0 Å². The lowest BCUT2D eigenvalue weighted by Gasteiger charge is -2.21. The lowest BCUT2D eigenvalue weighted by molar-refractivity contribution is 0.185. The summed E-state index contributed by atoms with van der Waals surface area (Å²) in [6, 6.07) is 3.88. The molecule has 0 spiro atoms. The minimum atomic E-state index is -0.524. The van der Waals surface area contributed by atoms with Crippen LogP contribution in [-0.4, -0.2) is 29.7 Å². The average Bonchev–Trinajstić information content (AvgIpc) is 2.31. The van der Waals surface area contributed by atoms with E-state index < -0.39 is 11.6 Å². The molecule has 0 aliphatic rings. The van der Waals surface area contributed by atoms with Crippen molar-refractivity contribution in [1.29, 1.82) is 0 Å². The maximum atomic E-state index is 13.4. The summed E-state index contributed by atoms with van der Waals surface area (Å²) >= 11 is 0. The summed E-state index contributed by atoms with van der Waals surface area (Å²) in [5, 5.41) is 8.92. The van der Waals surface area contributed by atoms with E-state index in [1.165, 1.54) is 18.2 Å². The van der Waals surface area contributed by atoms with E-state index in [4.69, 9.17) is 5.11 Å². The van der Waals surface area contributed by atoms with Crippen LogP contribution in [0.3, 0.4) is 0 Å². The van der Waals surface area contributed by atoms with Crippen LogP contribution >= 0.6 is 0 Å². The SMILES string of the molecule is CCCCN(CCO)Cc1c(F)cccc1F. The largest absolute Gasteiger partial charge is 0.395 e. The van der Waals surface area contributed by atoms with Crippen molar-refractivity contribution in [2.24, 2.45) is 0 Å². The van der Waals surface area contributed by atoms with Crippen LogP contribution in [0.5, 0.6) is 0 Å². The molecule has 0 heterocycles. The Hall–Kier alpha value is -1.00. The van der Waals surface area contributed by atoms with E-state index in [0.717, 1.165) is 19.4 Å². The zero-order valence-corrected chi connectivity index (χ0v) is 10.1. The molecule has 96 valence electrons. The number of benzene rings is 1. The molecular weight excluding hydrogens is 224 g/mol. The number of rotatable bonds is 7. The van der Waals surface area contributed by atoms with Crippen molar-refractivity contribution in [2.45, 2.75) is 26.3 Å². The van der Waals surface area contributed by atoms with Crippen LogP contribution in [0.1, 0.15) is 25.3 Å². The van der Waals surface area contributed by atoms with Gasteiger partial charge in [-0.05, 0) is 25.1 Å². The number of nitrogens with zero attached hydrogens (tertiary/aromatic N) is 1. The smallest absolute Gasteiger partial charge is 0.130 e. The summed E-state index contributed by atoms with van der Waals surface area (Å²) in [6.07, 6.45) is 1.97. The molecule has 2 nitrogen and oxygen atoms in total. The van der Waals surface area contributed by atoms with E-state index in [1.54, 1.807) is 0 Å². The first-order chi connectivity index (χ1) is 8.19. The summed E-state index contributed by atoms with van der Waals surface area (Å²) in [5.41, 5.74) is 0.0806. The minimum Gasteiger partial charge on any atom is -0.395 e. The van der Waals surface area contributed by atoms with Gasteiger partial charge in [-0.2, -0.15) is 0 Å². The van der Waals surface area contributed by atoms with E-state index in [-0.39, 0.29) is 18.7 Å². The fourth-order valence-electron chi connectivity index (χ4n) is 1.70. The van der Waals surface area contributed by atoms with E-state index in [1.807, 2.05) is 4.90 Å². The lowest BCUT2D eigenvalue weighted by Crippen LogP contribution is -2.28. The predicted molar refractivity (Wildman–Crippen MR) is 63.6 cm³/mol. The molecule has 0 aliphatic heterocycles. The van der Waals surface area contributed by atoms with Gasteiger partial charge in [-0.15, -0.1) is 0 Å². The number of hydrogen-bond donors (Lipinski definition) is 1. The third-order valence-electron chi connectivity index (χ3n) is 2.69. The molecule has 0 saturated carbocycles. The first-order valence-corrected chi connectivity index (χ1v) is 5.95. The van der Waals surface area contributed by atoms with E-state index >= 15 is 0 Å². The van der Waals surface area contributed by atoms with Crippen molar-refractivity contribution in [3.05, 3.63) is 35.4 Å². The highest BCUT2D eigenvalue weighted by Crippen LogP contribution is 2.14. The Balaban J connectivity index is 2.70. The molecule has 17 heavy (non-hydrogen) atoms. The Morgan fingerprint density at radius 1 is 1.18 bits per heavy atom. The van der Waals surface area contributed by atoms with Crippen molar-refractivity contribution in [1.82, 2.24) is 4.90 Å². The highest BCUT2D eigenvalue weighted by Gasteiger charge is 2.12. The first-order valence-electron chi connectivity index (χ1n) is 5.95. The van der Waals surface area contributed by atoms with Crippen molar-refractivity contribution in [3.63, 3.8) is 0 Å². The Kier molecular flexibility index (Phi) is 6.08. The Bertz CT molecular complexity index is 324. The molecule has 0 aromatic heterocycles. The van der Waals surface area contributed by atoms with E-state index in [9.17, 15) is 8.78 Å². The fourth-order valence-corrected chi connectivity index (χ4v) is 1.70. The topological polar surface area (TPSA) is 23.5 Å². The van der Waals surface area contributed by atoms with Crippen LogP contribution in [0.4, 0.5) is 8.78 Å². The maximum Gasteiger partial charge on any atom is 0.130 e. The van der Waals surface area contributed by atoms with Gasteiger partial charge in [0.2, 0.25) is 0 Å². The average molecular weight is 243 g/mol. The van der Waals surface area contributed by atoms with E-state index in [0.29, 0.717) is 6.54 Å². The van der Waals surface area contributed by atoms with Crippen LogP contribution in [0, 0.1) is 11.6 Å². The zero-order chi connectivity index (χ0) is 12.7. The molecule has 0 atom stereocenters. The van der Waals surface area contributed by atoms with Crippen LogP contribution in [-0.2, 0) is 6.54 Å². The summed E-state index contributed by atoms with van der Waals surface area (Å²) < 4.78 is 26.9. The molecule has 0 bridgehead atoms. The maximum absolute atomic E-state index is 13.4. The quantitative estimate of drug-likeness (QED) is 0.795. The Labute approximate surface area is 101 Å². The third kappa shape index (κ3) is 4.40. The molecule has 0 unspecified atom stereocenters. The first kappa shape index (κ1) is 14.1. The van der Waals surface area contributed by atoms with Crippen LogP contribution in [0.25, 0.3) is 0 Å². The second kappa shape index (κ2) is 7.35. The lowest BCUT2D eigenvalue weighted by atomic mass is 10.1. The molecule has 0 radical (unpaired) electrons. The summed E-state index contributed by atoms with van der Waals surface area (Å²) in [6.45, 7) is 3.44. The second-order valence-electron chi connectivity index (χ2n) is 4.05. The van der Waals surface area contributed by atoms with Crippen molar-refractivity contribution in [3.8, 4) is 0 Å². The molecule has 0 fully saturated rings. The normalized spacial score (nSPS) is 11.1. The van der Waals surface area contributed by atoms with Gasteiger partial charge in [-0.3, -0.25) is 4.90 Å². The highest BCUT2D eigenvalue weighted by molar-refractivity contribution is 5.19. The van der Waals surface area contributed by atoms with E-state index in [2.05, 4.69) is 6.92 Å². The standard InChI is InChI=1S/C13H19F2NO/c1-2-3-7-16(8-9-17)10-11-12(14)5-4-6-13(11)15/h4-6,17H,2-3,7-10H2,1H3. The Morgan fingerprint density at radius 3 is 2.35 bits per heavy atom. The van der Waals surface area contributed by atoms with Gasteiger partial charge in [0.15, 0.2) is 0 Å². The molecule has 1 rings (SSSR count). The van der Waals surface area contributed by atoms with Gasteiger partial charge in [0, 0.05) is 18.7 Å². The van der Waals surface area contributed by atoms with Gasteiger partial charge in [0.1, 0.15) is 11.6 Å². The molecule has 0 saturated heterocycles. The zero-order valence-electron chi connectivity index (χ0n) is 10.1. The van der Waals surface area contributed by atoms with Gasteiger partial charge in [0.05, 0.1) is 6.61 Å². The highest BCUT2D eigenvalue weighted by atomic mass is 19.1. The van der Waals surface area contributed by atoms with Crippen molar-refractivity contribution in [2.75, 3.05) is 19.7 Å². The van der Waals surface area contributed by atoms with Crippen LogP contribution in [0.15, 0.2) is 18.2 Å². The monoisotopic (exact) mass is 243 g/mol. The number of aliphatic hydroxyl groups is 1. The molecule has 4 heteroatoms. The third-order valence-corrected chi connectivity index (χ3v) is 2.69. The molecule has 1 aromatic carbocycles. The molecule has 0 aliphatic carbocycles. The number of aliphatic hydroxyl groups excluding tert-OH is 1. The Morgan fingerprint density at radius 2 is 1.82 bits per heavy atom. The van der Waals surface area contributed by atoms with Gasteiger partial charge < -0.3 is 5.11 Å². The van der Waals surface area contributed by atoms with Gasteiger partial charge in [-0.1, -0.05) is 19.4 Å².